The summed E-state index contributed by atoms with van der Waals surface area (Å²) in [6.07, 6.45) is 1.73. The fourth-order valence-corrected chi connectivity index (χ4v) is 1.80. The summed E-state index contributed by atoms with van der Waals surface area (Å²) in [5.41, 5.74) is 5.22. The summed E-state index contributed by atoms with van der Waals surface area (Å²) in [6, 6.07) is 5.17. The van der Waals surface area contributed by atoms with E-state index in [9.17, 15) is 9.18 Å². The van der Waals surface area contributed by atoms with Crippen molar-refractivity contribution in [3.63, 3.8) is 0 Å². The highest BCUT2D eigenvalue weighted by atomic mass is 79.9. The van der Waals surface area contributed by atoms with Gasteiger partial charge in [-0.05, 0) is 33.6 Å². The van der Waals surface area contributed by atoms with Crippen LogP contribution in [0.25, 0.3) is 5.82 Å². The van der Waals surface area contributed by atoms with Crippen LogP contribution in [0.5, 0.6) is 0 Å². The van der Waals surface area contributed by atoms with Crippen molar-refractivity contribution in [1.82, 2.24) is 19.3 Å². The van der Waals surface area contributed by atoms with Crippen LogP contribution in [0.4, 0.5) is 4.39 Å². The zero-order valence-corrected chi connectivity index (χ0v) is 11.4. The van der Waals surface area contributed by atoms with Crippen LogP contribution >= 0.6 is 15.9 Å². The highest BCUT2D eigenvalue weighted by Crippen LogP contribution is 2.08. The van der Waals surface area contributed by atoms with E-state index in [2.05, 4.69) is 26.0 Å². The Kier molecular flexibility index (Phi) is 4.23. The summed E-state index contributed by atoms with van der Waals surface area (Å²) in [5, 5.41) is 3.91. The maximum Gasteiger partial charge on any atom is 0.351 e. The molecule has 0 unspecified atom stereocenters. The fraction of sp³-hybridized carbons (Fsp3) is 0.182. The first-order valence-electron chi connectivity index (χ1n) is 5.41. The summed E-state index contributed by atoms with van der Waals surface area (Å²) in [6.45, 7) is 0.0533. The molecular weight excluding hydrogens is 317 g/mol. The topological polar surface area (TPSA) is 78.7 Å². The fourth-order valence-electron chi connectivity index (χ4n) is 1.47. The number of nitrogens with zero attached hydrogens (tertiary/aromatic N) is 4. The summed E-state index contributed by atoms with van der Waals surface area (Å²) >= 11 is 3.22. The Hall–Kier alpha value is -1.80. The van der Waals surface area contributed by atoms with E-state index >= 15 is 0 Å². The quantitative estimate of drug-likeness (QED) is 0.850. The second-order valence-electron chi connectivity index (χ2n) is 3.73. The minimum atomic E-state index is -0.404. The molecule has 0 aromatic carbocycles. The highest BCUT2D eigenvalue weighted by Gasteiger charge is 2.09. The van der Waals surface area contributed by atoms with Crippen LogP contribution in [0, 0.1) is 0 Å². The Morgan fingerprint density at radius 3 is 2.95 bits per heavy atom. The Labute approximate surface area is 116 Å². The molecule has 2 heterocycles. The lowest BCUT2D eigenvalue weighted by atomic mass is 10.3. The van der Waals surface area contributed by atoms with Crippen molar-refractivity contribution in [3.8, 4) is 5.82 Å². The van der Waals surface area contributed by atoms with Crippen LogP contribution in [0.3, 0.4) is 0 Å². The standard InChI is InChI=1S/C11H11BrFN5O/c12-9-2-1-3-10(16-9)17-7-15-18(11(17)19)6-8(4-13)5-14/h1-4,7H,5-6,14H2/b8-4+. The predicted molar refractivity (Wildman–Crippen MR) is 71.6 cm³/mol. The average Bonchev–Trinajstić information content (AvgIpc) is 2.77. The van der Waals surface area contributed by atoms with E-state index in [1.807, 2.05) is 0 Å². The smallest absolute Gasteiger partial charge is 0.327 e. The summed E-state index contributed by atoms with van der Waals surface area (Å²) in [7, 11) is 0. The van der Waals surface area contributed by atoms with E-state index in [-0.39, 0.29) is 18.7 Å². The molecule has 0 saturated carbocycles. The normalized spacial score (nSPS) is 11.8. The van der Waals surface area contributed by atoms with Crippen LogP contribution < -0.4 is 11.4 Å². The molecule has 0 fully saturated rings. The minimum Gasteiger partial charge on any atom is -0.327 e. The number of pyridine rings is 1. The second-order valence-corrected chi connectivity index (χ2v) is 4.54. The minimum absolute atomic E-state index is 0.0207. The predicted octanol–water partition coefficient (Wildman–Crippen LogP) is 1.00. The molecule has 0 aliphatic heterocycles. The first-order valence-corrected chi connectivity index (χ1v) is 6.20. The average molecular weight is 328 g/mol. The van der Waals surface area contributed by atoms with Gasteiger partial charge in [-0.15, -0.1) is 0 Å². The maximum absolute atomic E-state index is 12.4. The van der Waals surface area contributed by atoms with E-state index in [4.69, 9.17) is 5.73 Å². The molecule has 2 aromatic heterocycles. The van der Waals surface area contributed by atoms with Gasteiger partial charge in [-0.2, -0.15) is 5.10 Å². The molecule has 0 atom stereocenters. The Bertz CT molecular complexity index is 663. The third-order valence-electron chi connectivity index (χ3n) is 2.45. The van der Waals surface area contributed by atoms with E-state index in [0.717, 1.165) is 4.68 Å². The van der Waals surface area contributed by atoms with Gasteiger partial charge in [-0.3, -0.25) is 0 Å². The van der Waals surface area contributed by atoms with Gasteiger partial charge in [0.25, 0.3) is 0 Å². The maximum atomic E-state index is 12.4. The number of aromatic nitrogens is 4. The molecule has 6 nitrogen and oxygen atoms in total. The van der Waals surface area contributed by atoms with E-state index in [0.29, 0.717) is 16.8 Å². The second kappa shape index (κ2) is 5.89. The molecule has 0 spiro atoms. The van der Waals surface area contributed by atoms with Crippen molar-refractivity contribution in [2.24, 2.45) is 5.73 Å². The summed E-state index contributed by atoms with van der Waals surface area (Å²) < 4.78 is 15.5. The van der Waals surface area contributed by atoms with Gasteiger partial charge in [0, 0.05) is 6.54 Å². The lowest BCUT2D eigenvalue weighted by Gasteiger charge is -2.01. The molecule has 0 aliphatic rings. The monoisotopic (exact) mass is 327 g/mol. The van der Waals surface area contributed by atoms with Gasteiger partial charge >= 0.3 is 5.69 Å². The van der Waals surface area contributed by atoms with E-state index in [1.54, 1.807) is 18.2 Å². The largest absolute Gasteiger partial charge is 0.351 e. The molecule has 0 bridgehead atoms. The lowest BCUT2D eigenvalue weighted by Crippen LogP contribution is -2.26. The van der Waals surface area contributed by atoms with E-state index in [1.165, 1.54) is 10.9 Å². The first-order chi connectivity index (χ1) is 9.15. The molecule has 2 aromatic rings. The van der Waals surface area contributed by atoms with Crippen LogP contribution in [0.1, 0.15) is 0 Å². The number of halogens is 2. The van der Waals surface area contributed by atoms with Crippen molar-refractivity contribution in [2.45, 2.75) is 6.54 Å². The third kappa shape index (κ3) is 2.96. The van der Waals surface area contributed by atoms with Crippen molar-refractivity contribution >= 4 is 15.9 Å². The van der Waals surface area contributed by atoms with Gasteiger partial charge in [-0.25, -0.2) is 23.4 Å². The number of rotatable bonds is 4. The van der Waals surface area contributed by atoms with Crippen molar-refractivity contribution in [3.05, 3.63) is 51.5 Å². The molecule has 100 valence electrons. The third-order valence-corrected chi connectivity index (χ3v) is 2.89. The molecule has 19 heavy (non-hydrogen) atoms. The molecule has 0 amide bonds. The SMILES string of the molecule is NC/C(=C\F)Cn1ncn(-c2cccc(Br)n2)c1=O. The highest BCUT2D eigenvalue weighted by molar-refractivity contribution is 9.10. The Balaban J connectivity index is 2.36. The van der Waals surface area contributed by atoms with Crippen molar-refractivity contribution in [2.75, 3.05) is 6.54 Å². The summed E-state index contributed by atoms with van der Waals surface area (Å²) in [5.74, 6) is 0.434. The lowest BCUT2D eigenvalue weighted by molar-refractivity contribution is 0.612. The number of nitrogens with two attached hydrogens (primary N) is 1. The van der Waals surface area contributed by atoms with Crippen LogP contribution in [-0.4, -0.2) is 25.9 Å². The zero-order chi connectivity index (χ0) is 13.8. The molecule has 0 aliphatic carbocycles. The van der Waals surface area contributed by atoms with Gasteiger partial charge in [0.05, 0.1) is 12.9 Å². The molecule has 0 saturated heterocycles. The van der Waals surface area contributed by atoms with Gasteiger partial charge in [0.1, 0.15) is 16.7 Å². The Morgan fingerprint density at radius 2 is 2.32 bits per heavy atom. The van der Waals surface area contributed by atoms with Crippen LogP contribution in [-0.2, 0) is 6.54 Å². The van der Waals surface area contributed by atoms with Crippen LogP contribution in [0.15, 0.2) is 45.8 Å². The molecule has 2 rings (SSSR count). The van der Waals surface area contributed by atoms with Gasteiger partial charge in [-0.1, -0.05) is 6.07 Å². The Morgan fingerprint density at radius 1 is 1.53 bits per heavy atom. The number of hydrogen-bond donors (Lipinski definition) is 1. The summed E-state index contributed by atoms with van der Waals surface area (Å²) in [4.78, 5) is 16.2. The number of hydrogen-bond acceptors (Lipinski definition) is 4. The van der Waals surface area contributed by atoms with Crippen LogP contribution in [0.2, 0.25) is 0 Å². The van der Waals surface area contributed by atoms with Gasteiger partial charge in [0.15, 0.2) is 0 Å². The zero-order valence-electron chi connectivity index (χ0n) is 9.83. The van der Waals surface area contributed by atoms with E-state index < -0.39 is 5.69 Å². The van der Waals surface area contributed by atoms with Gasteiger partial charge in [0.2, 0.25) is 0 Å². The molecule has 8 heteroatoms. The van der Waals surface area contributed by atoms with Crippen molar-refractivity contribution in [1.29, 1.82) is 0 Å². The molecule has 2 N–H and O–H groups in total. The molecule has 0 radical (unpaired) electrons. The van der Waals surface area contributed by atoms with Gasteiger partial charge < -0.3 is 5.73 Å². The first kappa shape index (κ1) is 13.6. The van der Waals surface area contributed by atoms with Crippen molar-refractivity contribution < 1.29 is 4.39 Å². The molecular formula is C11H11BrFN5O.